The van der Waals surface area contributed by atoms with Crippen molar-refractivity contribution in [2.24, 2.45) is 0 Å². The fraction of sp³-hybridized carbons (Fsp3) is 0.308. The summed E-state index contributed by atoms with van der Waals surface area (Å²) in [5.74, 6) is 0. The standard InChI is InChI=1S/C26H28.Hf/c1-3-5-18-26(17-4-2,21-12-7-8-13-21)25-16-10-15-23-22-14-9-6-11-20(22)19-24(23)25;/h3,6-12,14-16H,1,4-5,13,17-19H2,2H3;. The second-order valence-electron chi connectivity index (χ2n) is 7.65. The van der Waals surface area contributed by atoms with Crippen molar-refractivity contribution in [3.63, 3.8) is 0 Å². The Morgan fingerprint density at radius 2 is 1.85 bits per heavy atom. The van der Waals surface area contributed by atoms with E-state index in [9.17, 15) is 0 Å². The van der Waals surface area contributed by atoms with E-state index in [0.29, 0.717) is 0 Å². The summed E-state index contributed by atoms with van der Waals surface area (Å²) in [4.78, 5) is 0. The molecule has 0 saturated heterocycles. The molecule has 0 nitrogen and oxygen atoms in total. The van der Waals surface area contributed by atoms with Gasteiger partial charge in [0.15, 0.2) is 0 Å². The van der Waals surface area contributed by atoms with Crippen molar-refractivity contribution in [2.75, 3.05) is 0 Å². The van der Waals surface area contributed by atoms with Crippen LogP contribution in [-0.2, 0) is 37.7 Å². The minimum Gasteiger partial charge on any atom is -0.103 e. The smallest absolute Gasteiger partial charge is 0.0174 e. The van der Waals surface area contributed by atoms with Crippen LogP contribution in [0.5, 0.6) is 0 Å². The SMILES string of the molecule is C=CCCC(CCC)(C1=CC=CC1)c1cccc2c1Cc1ccccc1-2.[Hf]. The number of fused-ring (bicyclic) bond motifs is 3. The van der Waals surface area contributed by atoms with Crippen molar-refractivity contribution < 1.29 is 25.8 Å². The Morgan fingerprint density at radius 3 is 2.59 bits per heavy atom. The zero-order valence-corrected chi connectivity index (χ0v) is 19.9. The van der Waals surface area contributed by atoms with Crippen LogP contribution in [0.2, 0.25) is 0 Å². The second-order valence-corrected chi connectivity index (χ2v) is 7.65. The molecule has 1 atom stereocenters. The molecular formula is C26H28Hf. The molecule has 4 rings (SSSR count). The first-order valence-corrected chi connectivity index (χ1v) is 9.98. The Kier molecular flexibility index (Phi) is 6.52. The number of hydrogen-bond donors (Lipinski definition) is 0. The first-order chi connectivity index (χ1) is 12.8. The molecule has 136 valence electrons. The van der Waals surface area contributed by atoms with Crippen LogP contribution >= 0.6 is 0 Å². The van der Waals surface area contributed by atoms with E-state index in [2.05, 4.69) is 80.3 Å². The molecule has 0 aromatic heterocycles. The molecule has 0 bridgehead atoms. The van der Waals surface area contributed by atoms with E-state index in [1.54, 1.807) is 16.7 Å². The summed E-state index contributed by atoms with van der Waals surface area (Å²) in [6.45, 7) is 6.34. The normalized spacial score (nSPS) is 16.1. The van der Waals surface area contributed by atoms with Gasteiger partial charge in [-0.25, -0.2) is 0 Å². The van der Waals surface area contributed by atoms with Gasteiger partial charge in [-0.05, 0) is 59.9 Å². The summed E-state index contributed by atoms with van der Waals surface area (Å²) < 4.78 is 0. The first kappa shape index (κ1) is 20.3. The van der Waals surface area contributed by atoms with E-state index < -0.39 is 0 Å². The number of benzene rings is 2. The summed E-state index contributed by atoms with van der Waals surface area (Å²) in [7, 11) is 0. The molecule has 0 amide bonds. The predicted molar refractivity (Wildman–Crippen MR) is 113 cm³/mol. The van der Waals surface area contributed by atoms with E-state index in [1.807, 2.05) is 0 Å². The monoisotopic (exact) mass is 520 g/mol. The number of rotatable bonds is 7. The van der Waals surface area contributed by atoms with Gasteiger partial charge in [-0.3, -0.25) is 0 Å². The quantitative estimate of drug-likeness (QED) is 0.230. The van der Waals surface area contributed by atoms with Gasteiger partial charge in [0.25, 0.3) is 0 Å². The molecule has 0 aliphatic heterocycles. The molecule has 0 heterocycles. The van der Waals surface area contributed by atoms with Crippen molar-refractivity contribution in [2.45, 2.75) is 50.9 Å². The Bertz CT molecular complexity index is 887. The van der Waals surface area contributed by atoms with Gasteiger partial charge in [0.2, 0.25) is 0 Å². The topological polar surface area (TPSA) is 0 Å². The average Bonchev–Trinajstić information content (AvgIpc) is 3.33. The maximum absolute atomic E-state index is 4.01. The Morgan fingerprint density at radius 1 is 1.04 bits per heavy atom. The largest absolute Gasteiger partial charge is 0.103 e. The summed E-state index contributed by atoms with van der Waals surface area (Å²) in [5, 5.41) is 0. The molecule has 0 fully saturated rings. The molecule has 2 aromatic carbocycles. The number of hydrogen-bond acceptors (Lipinski definition) is 0. The van der Waals surface area contributed by atoms with Crippen LogP contribution in [0.25, 0.3) is 11.1 Å². The van der Waals surface area contributed by atoms with Crippen LogP contribution in [-0.4, -0.2) is 0 Å². The maximum atomic E-state index is 4.01. The molecule has 2 aliphatic rings. The second kappa shape index (κ2) is 8.69. The van der Waals surface area contributed by atoms with Crippen LogP contribution in [0.4, 0.5) is 0 Å². The maximum Gasteiger partial charge on any atom is 0.0174 e. The summed E-state index contributed by atoms with van der Waals surface area (Å²) in [6.07, 6.45) is 15.8. The van der Waals surface area contributed by atoms with Gasteiger partial charge in [0.05, 0.1) is 0 Å². The zero-order chi connectivity index (χ0) is 18.0. The third kappa shape index (κ3) is 3.51. The minimum absolute atomic E-state index is 0. The fourth-order valence-corrected chi connectivity index (χ4v) is 5.07. The van der Waals surface area contributed by atoms with Crippen LogP contribution < -0.4 is 0 Å². The number of allylic oxidation sites excluding steroid dienone is 5. The third-order valence-electron chi connectivity index (χ3n) is 6.20. The molecular weight excluding hydrogens is 491 g/mol. The van der Waals surface area contributed by atoms with E-state index in [-0.39, 0.29) is 31.3 Å². The van der Waals surface area contributed by atoms with Crippen LogP contribution in [0.3, 0.4) is 0 Å². The van der Waals surface area contributed by atoms with Crippen molar-refractivity contribution in [3.05, 3.63) is 95.6 Å². The molecule has 2 aromatic rings. The summed E-state index contributed by atoms with van der Waals surface area (Å²) in [6, 6.07) is 15.9. The van der Waals surface area contributed by atoms with Crippen LogP contribution in [0, 0.1) is 0 Å². The molecule has 2 aliphatic carbocycles. The van der Waals surface area contributed by atoms with Crippen molar-refractivity contribution in [1.29, 1.82) is 0 Å². The molecule has 1 unspecified atom stereocenters. The average molecular weight is 519 g/mol. The molecule has 27 heavy (non-hydrogen) atoms. The summed E-state index contributed by atoms with van der Waals surface area (Å²) in [5.41, 5.74) is 9.19. The Hall–Kier alpha value is -1.47. The van der Waals surface area contributed by atoms with Gasteiger partial charge in [-0.2, -0.15) is 0 Å². The van der Waals surface area contributed by atoms with Crippen LogP contribution in [0.15, 0.2) is 78.9 Å². The van der Waals surface area contributed by atoms with Gasteiger partial charge in [-0.15, -0.1) is 6.58 Å². The molecule has 0 saturated carbocycles. The van der Waals surface area contributed by atoms with Crippen molar-refractivity contribution in [3.8, 4) is 11.1 Å². The molecule has 0 N–H and O–H groups in total. The minimum atomic E-state index is 0. The summed E-state index contributed by atoms with van der Waals surface area (Å²) >= 11 is 0. The Labute approximate surface area is 182 Å². The van der Waals surface area contributed by atoms with Gasteiger partial charge in [0.1, 0.15) is 0 Å². The molecule has 0 radical (unpaired) electrons. The third-order valence-corrected chi connectivity index (χ3v) is 6.20. The van der Waals surface area contributed by atoms with Gasteiger partial charge < -0.3 is 0 Å². The first-order valence-electron chi connectivity index (χ1n) is 9.98. The van der Waals surface area contributed by atoms with Crippen molar-refractivity contribution >= 4 is 0 Å². The fourth-order valence-electron chi connectivity index (χ4n) is 5.07. The van der Waals surface area contributed by atoms with E-state index in [1.165, 1.54) is 29.5 Å². The van der Waals surface area contributed by atoms with Gasteiger partial charge in [-0.1, -0.05) is 85.7 Å². The Balaban J connectivity index is 0.00000210. The predicted octanol–water partition coefficient (Wildman–Crippen LogP) is 7.15. The van der Waals surface area contributed by atoms with E-state index >= 15 is 0 Å². The van der Waals surface area contributed by atoms with E-state index in [4.69, 9.17) is 0 Å². The van der Waals surface area contributed by atoms with Gasteiger partial charge in [0, 0.05) is 31.3 Å². The van der Waals surface area contributed by atoms with Crippen molar-refractivity contribution in [1.82, 2.24) is 0 Å². The van der Waals surface area contributed by atoms with Crippen LogP contribution in [0.1, 0.15) is 55.7 Å². The molecule has 1 heteroatoms. The van der Waals surface area contributed by atoms with E-state index in [0.717, 1.165) is 25.7 Å². The molecule has 0 spiro atoms. The zero-order valence-electron chi connectivity index (χ0n) is 16.3. The van der Waals surface area contributed by atoms with Gasteiger partial charge >= 0.3 is 0 Å².